The second-order valence-electron chi connectivity index (χ2n) is 8.63. The molecule has 5 heteroatoms. The Balaban J connectivity index is 2.21. The van der Waals surface area contributed by atoms with E-state index in [4.69, 9.17) is 9.47 Å². The average Bonchev–Trinajstić information content (AvgIpc) is 2.56. The maximum Gasteiger partial charge on any atom is 0.412 e. The Hall–Kier alpha value is -2.04. The van der Waals surface area contributed by atoms with Gasteiger partial charge in [0.05, 0.1) is 12.2 Å². The summed E-state index contributed by atoms with van der Waals surface area (Å²) >= 11 is 0. The normalized spacial score (nSPS) is 16.0. The smallest absolute Gasteiger partial charge is 0.412 e. The van der Waals surface area contributed by atoms with E-state index >= 15 is 0 Å². The molecule has 0 aromatic heterocycles. The van der Waals surface area contributed by atoms with Crippen molar-refractivity contribution in [3.8, 4) is 0 Å². The minimum Gasteiger partial charge on any atom is -0.462 e. The van der Waals surface area contributed by atoms with Gasteiger partial charge >= 0.3 is 12.1 Å². The van der Waals surface area contributed by atoms with Gasteiger partial charge in [0.15, 0.2) is 0 Å². The summed E-state index contributed by atoms with van der Waals surface area (Å²) in [4.78, 5) is 24.5. The SMILES string of the molecule is CCOC(=O)c1ccc(CC2CCCCCCC2)c(NC(=O)OC(C)(C)C)c1. The van der Waals surface area contributed by atoms with Gasteiger partial charge < -0.3 is 9.47 Å². The maximum absolute atomic E-state index is 12.3. The third-order valence-corrected chi connectivity index (χ3v) is 4.99. The molecule has 5 nitrogen and oxygen atoms in total. The summed E-state index contributed by atoms with van der Waals surface area (Å²) in [5.41, 5.74) is 1.54. The molecule has 0 unspecified atom stereocenters. The van der Waals surface area contributed by atoms with E-state index in [1.807, 2.05) is 26.8 Å². The molecule has 1 aliphatic rings. The van der Waals surface area contributed by atoms with Gasteiger partial charge in [-0.15, -0.1) is 0 Å². The van der Waals surface area contributed by atoms with Crippen LogP contribution >= 0.6 is 0 Å². The zero-order valence-electron chi connectivity index (χ0n) is 17.8. The minimum atomic E-state index is -0.581. The Morgan fingerprint density at radius 3 is 2.32 bits per heavy atom. The van der Waals surface area contributed by atoms with E-state index in [2.05, 4.69) is 5.32 Å². The summed E-state index contributed by atoms with van der Waals surface area (Å²) in [5, 5.41) is 2.85. The molecule has 1 aromatic carbocycles. The first-order valence-electron chi connectivity index (χ1n) is 10.6. The van der Waals surface area contributed by atoms with Crippen molar-refractivity contribution in [1.82, 2.24) is 0 Å². The first-order chi connectivity index (χ1) is 13.3. The summed E-state index contributed by atoms with van der Waals surface area (Å²) in [6, 6.07) is 5.44. The molecule has 0 bridgehead atoms. The van der Waals surface area contributed by atoms with Crippen molar-refractivity contribution >= 4 is 17.7 Å². The molecule has 1 amide bonds. The fourth-order valence-electron chi connectivity index (χ4n) is 3.68. The third-order valence-electron chi connectivity index (χ3n) is 4.99. The lowest BCUT2D eigenvalue weighted by Gasteiger charge is -2.23. The van der Waals surface area contributed by atoms with Gasteiger partial charge in [-0.1, -0.05) is 51.0 Å². The van der Waals surface area contributed by atoms with Gasteiger partial charge in [0, 0.05) is 5.69 Å². The van der Waals surface area contributed by atoms with Crippen LogP contribution < -0.4 is 5.32 Å². The van der Waals surface area contributed by atoms with Gasteiger partial charge in [-0.05, 0) is 57.7 Å². The van der Waals surface area contributed by atoms with Crippen LogP contribution in [-0.4, -0.2) is 24.3 Å². The quantitative estimate of drug-likeness (QED) is 0.617. The topological polar surface area (TPSA) is 64.6 Å². The average molecular weight is 390 g/mol. The van der Waals surface area contributed by atoms with Crippen LogP contribution in [0.15, 0.2) is 18.2 Å². The van der Waals surface area contributed by atoms with Crippen LogP contribution in [0.25, 0.3) is 0 Å². The van der Waals surface area contributed by atoms with Gasteiger partial charge in [-0.2, -0.15) is 0 Å². The molecule has 0 saturated heterocycles. The number of hydrogen-bond acceptors (Lipinski definition) is 4. The van der Waals surface area contributed by atoms with Crippen LogP contribution in [0.1, 0.15) is 88.6 Å². The Labute approximate surface area is 169 Å². The highest BCUT2D eigenvalue weighted by Gasteiger charge is 2.20. The Kier molecular flexibility index (Phi) is 8.34. The zero-order chi connectivity index (χ0) is 20.6. The fourth-order valence-corrected chi connectivity index (χ4v) is 3.68. The van der Waals surface area contributed by atoms with Crippen LogP contribution in [0.5, 0.6) is 0 Å². The number of anilines is 1. The third kappa shape index (κ3) is 7.53. The number of amides is 1. The van der Waals surface area contributed by atoms with Gasteiger partial charge in [0.2, 0.25) is 0 Å². The molecule has 1 fully saturated rings. The van der Waals surface area contributed by atoms with Crippen molar-refractivity contribution in [2.24, 2.45) is 5.92 Å². The molecular weight excluding hydrogens is 354 g/mol. The Morgan fingerprint density at radius 1 is 1.07 bits per heavy atom. The molecule has 156 valence electrons. The van der Waals surface area contributed by atoms with Crippen molar-refractivity contribution in [3.05, 3.63) is 29.3 Å². The lowest BCUT2D eigenvalue weighted by atomic mass is 9.86. The van der Waals surface area contributed by atoms with Crippen molar-refractivity contribution in [1.29, 1.82) is 0 Å². The summed E-state index contributed by atoms with van der Waals surface area (Å²) in [6.45, 7) is 7.59. The van der Waals surface area contributed by atoms with E-state index in [9.17, 15) is 9.59 Å². The monoisotopic (exact) mass is 389 g/mol. The number of carbonyl (C=O) groups excluding carboxylic acids is 2. The Morgan fingerprint density at radius 2 is 1.71 bits per heavy atom. The van der Waals surface area contributed by atoms with Crippen LogP contribution in [0.3, 0.4) is 0 Å². The minimum absolute atomic E-state index is 0.317. The molecular formula is C23H35NO4. The second kappa shape index (κ2) is 10.5. The van der Waals surface area contributed by atoms with E-state index in [1.54, 1.807) is 19.1 Å². The Bertz CT molecular complexity index is 655. The van der Waals surface area contributed by atoms with E-state index in [-0.39, 0.29) is 5.97 Å². The number of ether oxygens (including phenoxy) is 2. The number of nitrogens with one attached hydrogen (secondary N) is 1. The van der Waals surface area contributed by atoms with E-state index < -0.39 is 11.7 Å². The largest absolute Gasteiger partial charge is 0.462 e. The van der Waals surface area contributed by atoms with Crippen molar-refractivity contribution in [2.45, 2.75) is 84.7 Å². The molecule has 0 heterocycles. The number of esters is 1. The standard InChI is InChI=1S/C23H35NO4/c1-5-27-21(25)19-14-13-18(15-17-11-9-7-6-8-10-12-17)20(16-19)24-22(26)28-23(2,3)4/h13-14,16-17H,5-12,15H2,1-4H3,(H,24,26). The van der Waals surface area contributed by atoms with Crippen LogP contribution in [-0.2, 0) is 15.9 Å². The molecule has 1 N–H and O–H groups in total. The molecule has 1 aromatic rings. The van der Waals surface area contributed by atoms with Crippen LogP contribution in [0, 0.1) is 5.92 Å². The predicted octanol–water partition coefficient (Wildman–Crippen LogP) is 6.11. The van der Waals surface area contributed by atoms with Gasteiger partial charge in [-0.3, -0.25) is 5.32 Å². The summed E-state index contributed by atoms with van der Waals surface area (Å²) in [7, 11) is 0. The lowest BCUT2D eigenvalue weighted by Crippen LogP contribution is -2.27. The highest BCUT2D eigenvalue weighted by Crippen LogP contribution is 2.29. The summed E-state index contributed by atoms with van der Waals surface area (Å²) in [5.74, 6) is 0.222. The number of hydrogen-bond donors (Lipinski definition) is 1. The molecule has 0 atom stereocenters. The van der Waals surface area contributed by atoms with E-state index in [0.29, 0.717) is 23.8 Å². The molecule has 2 rings (SSSR count). The molecule has 28 heavy (non-hydrogen) atoms. The maximum atomic E-state index is 12.3. The molecule has 0 radical (unpaired) electrons. The molecule has 0 spiro atoms. The van der Waals surface area contributed by atoms with E-state index in [0.717, 1.165) is 12.0 Å². The van der Waals surface area contributed by atoms with Crippen molar-refractivity contribution < 1.29 is 19.1 Å². The fraction of sp³-hybridized carbons (Fsp3) is 0.652. The highest BCUT2D eigenvalue weighted by molar-refractivity contribution is 5.93. The van der Waals surface area contributed by atoms with Gasteiger partial charge in [-0.25, -0.2) is 9.59 Å². The van der Waals surface area contributed by atoms with Crippen molar-refractivity contribution in [2.75, 3.05) is 11.9 Å². The zero-order valence-corrected chi connectivity index (χ0v) is 17.8. The van der Waals surface area contributed by atoms with E-state index in [1.165, 1.54) is 44.9 Å². The number of carbonyl (C=O) groups is 2. The molecule has 1 aliphatic carbocycles. The summed E-state index contributed by atoms with van der Waals surface area (Å²) < 4.78 is 10.5. The van der Waals surface area contributed by atoms with Crippen molar-refractivity contribution in [3.63, 3.8) is 0 Å². The molecule has 1 saturated carbocycles. The predicted molar refractivity (Wildman–Crippen MR) is 112 cm³/mol. The summed E-state index contributed by atoms with van der Waals surface area (Å²) in [6.07, 6.45) is 9.30. The number of benzene rings is 1. The molecule has 0 aliphatic heterocycles. The first-order valence-corrected chi connectivity index (χ1v) is 10.6. The van der Waals surface area contributed by atoms with Crippen LogP contribution in [0.4, 0.5) is 10.5 Å². The van der Waals surface area contributed by atoms with Crippen LogP contribution in [0.2, 0.25) is 0 Å². The second-order valence-corrected chi connectivity index (χ2v) is 8.63. The lowest BCUT2D eigenvalue weighted by molar-refractivity contribution is 0.0524. The van der Waals surface area contributed by atoms with Gasteiger partial charge in [0.25, 0.3) is 0 Å². The number of rotatable bonds is 5. The van der Waals surface area contributed by atoms with Gasteiger partial charge in [0.1, 0.15) is 5.60 Å². The highest BCUT2D eigenvalue weighted by atomic mass is 16.6. The first kappa shape index (κ1) is 22.3.